The van der Waals surface area contributed by atoms with Crippen molar-refractivity contribution >= 4 is 92.3 Å². The van der Waals surface area contributed by atoms with Crippen LogP contribution >= 0.6 is 0 Å². The van der Waals surface area contributed by atoms with E-state index in [9.17, 15) is 0 Å². The summed E-state index contributed by atoms with van der Waals surface area (Å²) in [5.74, 6) is 0. The Bertz CT molecular complexity index is 27.2. The van der Waals surface area contributed by atoms with E-state index in [0.717, 1.165) is 0 Å². The maximum atomic E-state index is 7.33. The van der Waals surface area contributed by atoms with Crippen LogP contribution in [0.15, 0.2) is 0 Å². The van der Waals surface area contributed by atoms with Crippen LogP contribution in [-0.2, 0) is 0 Å². The second-order valence-electron chi connectivity index (χ2n) is 0.600. The van der Waals surface area contributed by atoms with Crippen molar-refractivity contribution in [2.75, 3.05) is 0 Å². The molecule has 0 rings (SSSR count). The predicted molar refractivity (Wildman–Crippen MR) is 31.7 cm³/mol. The van der Waals surface area contributed by atoms with E-state index in [4.69, 9.17) is 19.2 Å². The van der Waals surface area contributed by atoms with Crippen molar-refractivity contribution in [2.24, 2.45) is 0 Å². The topological polar surface area (TPSA) is 80.9 Å². The summed E-state index contributed by atoms with van der Waals surface area (Å²) in [5, 5.41) is 0. The molecule has 4 nitrogen and oxygen atoms in total. The molecule has 0 saturated carbocycles. The van der Waals surface area contributed by atoms with Gasteiger partial charge in [0, 0.05) is 0 Å². The van der Waals surface area contributed by atoms with Crippen molar-refractivity contribution in [1.29, 1.82) is 0 Å². The third kappa shape index (κ3) is 51.9. The molecule has 40 valence electrons. The van der Waals surface area contributed by atoms with Crippen LogP contribution in [0.3, 0.4) is 0 Å². The summed E-state index contributed by atoms with van der Waals surface area (Å²) < 4.78 is 0. The van der Waals surface area contributed by atoms with Gasteiger partial charge in [0.25, 0.3) is 0 Å². The molecular weight excluding hydrogens is 220 g/mol. The molecule has 0 atom stereocenters. The Morgan fingerprint density at radius 2 is 0.857 bits per heavy atom. The fourth-order valence-electron chi connectivity index (χ4n) is 0. The molecule has 0 fully saturated rings. The van der Waals surface area contributed by atoms with E-state index in [1.807, 2.05) is 0 Å². The molecule has 0 aliphatic rings. The van der Waals surface area contributed by atoms with Gasteiger partial charge in [0.1, 0.15) is 0 Å². The molecule has 0 heterocycles. The van der Waals surface area contributed by atoms with Gasteiger partial charge in [-0.3, -0.25) is 0 Å². The normalized spacial score (nSPS) is 8.57. The van der Waals surface area contributed by atoms with E-state index in [1.165, 1.54) is 0 Å². The van der Waals surface area contributed by atoms with Crippen LogP contribution in [0.4, 0.5) is 0 Å². The Morgan fingerprint density at radius 3 is 0.857 bits per heavy atom. The SMILES string of the molecule is O[Si](O)(O)O.[CaH2].[SrH2]. The zero-order valence-electron chi connectivity index (χ0n) is 2.29. The Morgan fingerprint density at radius 1 is 0.857 bits per heavy atom. The Labute approximate surface area is 109 Å². The Kier molecular flexibility index (Phi) is 16.2. The van der Waals surface area contributed by atoms with Crippen molar-refractivity contribution in [2.45, 2.75) is 0 Å². The first-order valence-electron chi connectivity index (χ1n) is 0.894. The van der Waals surface area contributed by atoms with Gasteiger partial charge in [-0.05, 0) is 0 Å². The summed E-state index contributed by atoms with van der Waals surface area (Å²) in [5.41, 5.74) is 0. The first-order valence-corrected chi connectivity index (χ1v) is 2.68. The van der Waals surface area contributed by atoms with E-state index < -0.39 is 9.05 Å². The van der Waals surface area contributed by atoms with Crippen LogP contribution in [0.1, 0.15) is 0 Å². The number of rotatable bonds is 0. The van der Waals surface area contributed by atoms with Crippen LogP contribution in [0.2, 0.25) is 0 Å². The predicted octanol–water partition coefficient (Wildman–Crippen LogP) is -4.44. The second-order valence-corrected chi connectivity index (χ2v) is 1.80. The number of hydrogen-bond acceptors (Lipinski definition) is 4. The molecule has 0 aromatic carbocycles. The molecule has 7 heavy (non-hydrogen) atoms. The van der Waals surface area contributed by atoms with Crippen LogP contribution in [-0.4, -0.2) is 111 Å². The summed E-state index contributed by atoms with van der Waals surface area (Å²) >= 11 is 0. The summed E-state index contributed by atoms with van der Waals surface area (Å²) in [6, 6.07) is 0. The molecule has 0 unspecified atom stereocenters. The summed E-state index contributed by atoms with van der Waals surface area (Å²) in [4.78, 5) is 29.3. The van der Waals surface area contributed by atoms with E-state index >= 15 is 0 Å². The monoisotopic (exact) mass is 228 g/mol. The van der Waals surface area contributed by atoms with Gasteiger partial charge < -0.3 is 19.2 Å². The van der Waals surface area contributed by atoms with Crippen molar-refractivity contribution in [3.63, 3.8) is 0 Å². The zero-order valence-corrected chi connectivity index (χ0v) is 3.29. The van der Waals surface area contributed by atoms with E-state index in [1.54, 1.807) is 0 Å². The van der Waals surface area contributed by atoms with Gasteiger partial charge in [-0.2, -0.15) is 0 Å². The molecule has 0 amide bonds. The number of hydrogen-bond donors (Lipinski definition) is 4. The van der Waals surface area contributed by atoms with Gasteiger partial charge in [0.15, 0.2) is 0 Å². The van der Waals surface area contributed by atoms with E-state index in [2.05, 4.69) is 0 Å². The van der Waals surface area contributed by atoms with Gasteiger partial charge in [-0.25, -0.2) is 0 Å². The Balaban J connectivity index is -0.0000000800. The van der Waals surface area contributed by atoms with E-state index in [0.29, 0.717) is 0 Å². The zero-order chi connectivity index (χ0) is 4.50. The van der Waals surface area contributed by atoms with Crippen LogP contribution in [0.5, 0.6) is 0 Å². The molecule has 0 aliphatic heterocycles. The average molecular weight is 228 g/mol. The second kappa shape index (κ2) is 6.91. The quantitative estimate of drug-likeness (QED) is 0.315. The van der Waals surface area contributed by atoms with Gasteiger partial charge in [-0.15, -0.1) is 0 Å². The summed E-state index contributed by atoms with van der Waals surface area (Å²) in [6.45, 7) is 0. The van der Waals surface area contributed by atoms with Crippen LogP contribution in [0, 0.1) is 0 Å². The minimum atomic E-state index is -4.61. The summed E-state index contributed by atoms with van der Waals surface area (Å²) in [6.07, 6.45) is 0. The fourth-order valence-corrected chi connectivity index (χ4v) is 0. The Hall–Kier alpha value is 2.80. The van der Waals surface area contributed by atoms with Crippen molar-refractivity contribution < 1.29 is 19.2 Å². The average Bonchev–Trinajstić information content (AvgIpc) is 0.722. The van der Waals surface area contributed by atoms with Crippen molar-refractivity contribution in [3.05, 3.63) is 0 Å². The van der Waals surface area contributed by atoms with Crippen LogP contribution < -0.4 is 0 Å². The van der Waals surface area contributed by atoms with Crippen molar-refractivity contribution in [3.8, 4) is 0 Å². The molecule has 0 spiro atoms. The molecule has 0 bridgehead atoms. The first-order chi connectivity index (χ1) is 2.00. The minimum absolute atomic E-state index is 0. The third-order valence-electron chi connectivity index (χ3n) is 0. The first kappa shape index (κ1) is 16.4. The molecule has 0 saturated heterocycles. The summed E-state index contributed by atoms with van der Waals surface area (Å²) in [7, 11) is -4.61. The van der Waals surface area contributed by atoms with Crippen molar-refractivity contribution in [1.82, 2.24) is 0 Å². The maximum absolute atomic E-state index is 7.33. The van der Waals surface area contributed by atoms with Gasteiger partial charge >= 0.3 is 92.3 Å². The standard InChI is InChI=1S/Ca.H4O4Si.Sr.4H/c;1-5(2,3)4;;;;;/h;1-4H;;;;;. The van der Waals surface area contributed by atoms with Gasteiger partial charge in [-0.1, -0.05) is 0 Å². The van der Waals surface area contributed by atoms with Gasteiger partial charge in [0.2, 0.25) is 0 Å². The third-order valence-corrected chi connectivity index (χ3v) is 0. The molecule has 4 N–H and O–H groups in total. The van der Waals surface area contributed by atoms with E-state index in [-0.39, 0.29) is 83.2 Å². The van der Waals surface area contributed by atoms with Crippen LogP contribution in [0.25, 0.3) is 0 Å². The molecule has 0 aromatic heterocycles. The molecular formula is H8CaO4SiSr. The molecule has 7 heteroatoms. The fraction of sp³-hybridized carbons (Fsp3) is 0. The molecule has 0 aromatic rings. The molecule has 0 radical (unpaired) electrons. The van der Waals surface area contributed by atoms with Gasteiger partial charge in [0.05, 0.1) is 0 Å². The molecule has 0 aliphatic carbocycles.